The van der Waals surface area contributed by atoms with E-state index in [4.69, 9.17) is 13.6 Å². The summed E-state index contributed by atoms with van der Waals surface area (Å²) in [7, 11) is 0. The Hall–Kier alpha value is -3.09. The monoisotopic (exact) mass is 341 g/mol. The summed E-state index contributed by atoms with van der Waals surface area (Å²) in [5.74, 6) is 1.36. The fourth-order valence-corrected chi connectivity index (χ4v) is 2.27. The Morgan fingerprint density at radius 3 is 2.80 bits per heavy atom. The Morgan fingerprint density at radius 2 is 2.08 bits per heavy atom. The van der Waals surface area contributed by atoms with Crippen LogP contribution in [-0.2, 0) is 6.54 Å². The zero-order valence-corrected chi connectivity index (χ0v) is 14.1. The van der Waals surface area contributed by atoms with Crippen LogP contribution in [-0.4, -0.2) is 16.1 Å². The Balaban J connectivity index is 1.63. The quantitative estimate of drug-likeness (QED) is 0.708. The second kappa shape index (κ2) is 7.65. The summed E-state index contributed by atoms with van der Waals surface area (Å²) in [6.07, 6.45) is 1.77. The third-order valence-electron chi connectivity index (χ3n) is 3.64. The van der Waals surface area contributed by atoms with Gasteiger partial charge in [0.15, 0.2) is 11.9 Å². The number of nitrogens with one attached hydrogen (secondary N) is 1. The van der Waals surface area contributed by atoms with Crippen LogP contribution in [0.3, 0.4) is 0 Å². The lowest BCUT2D eigenvalue weighted by atomic mass is 10.2. The molecule has 1 atom stereocenters. The van der Waals surface area contributed by atoms with Crippen molar-refractivity contribution < 1.29 is 18.4 Å². The molecule has 0 spiro atoms. The van der Waals surface area contributed by atoms with Gasteiger partial charge in [0.25, 0.3) is 11.8 Å². The molecule has 0 saturated carbocycles. The van der Waals surface area contributed by atoms with Crippen LogP contribution in [0.4, 0.5) is 0 Å². The Labute approximate surface area is 145 Å². The molecule has 3 aromatic rings. The van der Waals surface area contributed by atoms with E-state index in [9.17, 15) is 4.79 Å². The maximum absolute atomic E-state index is 11.8. The first-order valence-electron chi connectivity index (χ1n) is 8.03. The molecule has 0 bridgehead atoms. The highest BCUT2D eigenvalue weighted by atomic mass is 16.5. The third-order valence-corrected chi connectivity index (χ3v) is 3.64. The van der Waals surface area contributed by atoms with Crippen molar-refractivity contribution in [1.29, 1.82) is 0 Å². The average molecular weight is 341 g/mol. The first-order valence-corrected chi connectivity index (χ1v) is 8.03. The number of rotatable bonds is 7. The number of nitrogens with zero attached hydrogens (tertiary/aromatic N) is 2. The van der Waals surface area contributed by atoms with Crippen LogP contribution in [0, 0.1) is 6.92 Å². The van der Waals surface area contributed by atoms with Crippen molar-refractivity contribution in [1.82, 2.24) is 15.5 Å². The Kier molecular flexibility index (Phi) is 5.13. The number of para-hydroxylation sites is 1. The van der Waals surface area contributed by atoms with Gasteiger partial charge in [0, 0.05) is 0 Å². The highest BCUT2D eigenvalue weighted by Crippen LogP contribution is 2.26. The molecule has 0 fully saturated rings. The minimum Gasteiger partial charge on any atom is -0.480 e. The summed E-state index contributed by atoms with van der Waals surface area (Å²) in [6.45, 7) is 4.07. The molecule has 25 heavy (non-hydrogen) atoms. The smallest absolute Gasteiger partial charge is 0.287 e. The lowest BCUT2D eigenvalue weighted by Crippen LogP contribution is -2.22. The van der Waals surface area contributed by atoms with E-state index in [-0.39, 0.29) is 24.3 Å². The summed E-state index contributed by atoms with van der Waals surface area (Å²) in [5, 5.41) is 10.7. The molecule has 3 rings (SSSR count). The summed E-state index contributed by atoms with van der Waals surface area (Å²) >= 11 is 0. The number of amides is 1. The standard InChI is InChI=1S/C18H19N3O4/c1-3-13(24-14-8-5-4-7-12(14)2)18-21-20-16(25-18)11-19-17(22)15-9-6-10-23-15/h4-10,13H,3,11H2,1-2H3,(H,19,22). The lowest BCUT2D eigenvalue weighted by Gasteiger charge is -2.15. The largest absolute Gasteiger partial charge is 0.480 e. The topological polar surface area (TPSA) is 90.4 Å². The van der Waals surface area contributed by atoms with E-state index in [1.807, 2.05) is 38.1 Å². The Morgan fingerprint density at radius 1 is 1.24 bits per heavy atom. The molecule has 0 aliphatic rings. The zero-order valence-electron chi connectivity index (χ0n) is 14.1. The number of aryl methyl sites for hydroxylation is 1. The van der Waals surface area contributed by atoms with Gasteiger partial charge < -0.3 is 18.9 Å². The van der Waals surface area contributed by atoms with E-state index in [2.05, 4.69) is 15.5 Å². The van der Waals surface area contributed by atoms with Crippen LogP contribution in [0.2, 0.25) is 0 Å². The molecule has 7 heteroatoms. The molecule has 1 N–H and O–H groups in total. The lowest BCUT2D eigenvalue weighted by molar-refractivity contribution is 0.0918. The van der Waals surface area contributed by atoms with Gasteiger partial charge in [-0.15, -0.1) is 10.2 Å². The van der Waals surface area contributed by atoms with Crippen LogP contribution >= 0.6 is 0 Å². The van der Waals surface area contributed by atoms with Crippen molar-refractivity contribution >= 4 is 5.91 Å². The van der Waals surface area contributed by atoms with Crippen molar-refractivity contribution in [2.75, 3.05) is 0 Å². The zero-order chi connectivity index (χ0) is 17.6. The fraction of sp³-hybridized carbons (Fsp3) is 0.278. The molecular formula is C18H19N3O4. The van der Waals surface area contributed by atoms with Gasteiger partial charge in [-0.25, -0.2) is 0 Å². The number of carbonyl (C=O) groups excluding carboxylic acids is 1. The van der Waals surface area contributed by atoms with Crippen molar-refractivity contribution in [2.45, 2.75) is 32.9 Å². The number of furan rings is 1. The maximum Gasteiger partial charge on any atom is 0.287 e. The van der Waals surface area contributed by atoms with Gasteiger partial charge in [-0.1, -0.05) is 25.1 Å². The van der Waals surface area contributed by atoms with Gasteiger partial charge in [-0.3, -0.25) is 4.79 Å². The molecule has 7 nitrogen and oxygen atoms in total. The summed E-state index contributed by atoms with van der Waals surface area (Å²) in [5.41, 5.74) is 1.03. The predicted octanol–water partition coefficient (Wildman–Crippen LogP) is 3.43. The predicted molar refractivity (Wildman–Crippen MR) is 89.0 cm³/mol. The average Bonchev–Trinajstić information content (AvgIpc) is 3.31. The van der Waals surface area contributed by atoms with Gasteiger partial charge in [0.05, 0.1) is 12.8 Å². The molecule has 2 heterocycles. The molecule has 0 radical (unpaired) electrons. The van der Waals surface area contributed by atoms with Crippen molar-refractivity contribution in [3.8, 4) is 5.75 Å². The number of carbonyl (C=O) groups is 1. The van der Waals surface area contributed by atoms with Crippen LogP contribution in [0.1, 0.15) is 47.3 Å². The molecule has 2 aromatic heterocycles. The molecular weight excluding hydrogens is 322 g/mol. The van der Waals surface area contributed by atoms with Crippen LogP contribution in [0.25, 0.3) is 0 Å². The number of benzene rings is 1. The molecule has 130 valence electrons. The fourth-order valence-electron chi connectivity index (χ4n) is 2.27. The number of hydrogen-bond donors (Lipinski definition) is 1. The molecule has 1 amide bonds. The first-order chi connectivity index (χ1) is 12.2. The summed E-state index contributed by atoms with van der Waals surface area (Å²) < 4.78 is 16.6. The SMILES string of the molecule is CCC(Oc1ccccc1C)c1nnc(CNC(=O)c2ccco2)o1. The number of aromatic nitrogens is 2. The van der Waals surface area contributed by atoms with E-state index < -0.39 is 0 Å². The maximum atomic E-state index is 11.8. The van der Waals surface area contributed by atoms with E-state index in [0.717, 1.165) is 11.3 Å². The second-order valence-electron chi connectivity index (χ2n) is 5.47. The van der Waals surface area contributed by atoms with E-state index in [0.29, 0.717) is 18.2 Å². The molecule has 0 aliphatic carbocycles. The summed E-state index contributed by atoms with van der Waals surface area (Å²) in [4.78, 5) is 11.8. The van der Waals surface area contributed by atoms with Crippen LogP contribution in [0.5, 0.6) is 5.75 Å². The second-order valence-corrected chi connectivity index (χ2v) is 5.47. The van der Waals surface area contributed by atoms with Gasteiger partial charge in [0.1, 0.15) is 5.75 Å². The minimum absolute atomic E-state index is 0.118. The van der Waals surface area contributed by atoms with E-state index >= 15 is 0 Å². The van der Waals surface area contributed by atoms with Crippen LogP contribution in [0.15, 0.2) is 51.5 Å². The molecule has 0 aliphatic heterocycles. The molecule has 1 aromatic carbocycles. The van der Waals surface area contributed by atoms with E-state index in [1.165, 1.54) is 6.26 Å². The van der Waals surface area contributed by atoms with Gasteiger partial charge in [-0.05, 0) is 37.1 Å². The third kappa shape index (κ3) is 4.06. The normalized spacial score (nSPS) is 11.9. The Bertz CT molecular complexity index is 826. The van der Waals surface area contributed by atoms with Gasteiger partial charge in [-0.2, -0.15) is 0 Å². The molecule has 1 unspecified atom stereocenters. The minimum atomic E-state index is -0.344. The number of ether oxygens (including phenoxy) is 1. The number of hydrogen-bond acceptors (Lipinski definition) is 6. The van der Waals surface area contributed by atoms with Gasteiger partial charge in [0.2, 0.25) is 5.89 Å². The van der Waals surface area contributed by atoms with E-state index in [1.54, 1.807) is 12.1 Å². The highest BCUT2D eigenvalue weighted by molar-refractivity contribution is 5.91. The van der Waals surface area contributed by atoms with Crippen molar-refractivity contribution in [2.24, 2.45) is 0 Å². The van der Waals surface area contributed by atoms with Gasteiger partial charge >= 0.3 is 0 Å². The van der Waals surface area contributed by atoms with Crippen molar-refractivity contribution in [3.63, 3.8) is 0 Å². The van der Waals surface area contributed by atoms with Crippen molar-refractivity contribution in [3.05, 3.63) is 65.8 Å². The highest BCUT2D eigenvalue weighted by Gasteiger charge is 2.20. The molecule has 0 saturated heterocycles. The first kappa shape index (κ1) is 16.8. The summed E-state index contributed by atoms with van der Waals surface area (Å²) in [6, 6.07) is 11.0. The van der Waals surface area contributed by atoms with Crippen LogP contribution < -0.4 is 10.1 Å².